The van der Waals surface area contributed by atoms with E-state index in [9.17, 15) is 4.79 Å². The van der Waals surface area contributed by atoms with Crippen LogP contribution in [0.2, 0.25) is 5.02 Å². The first kappa shape index (κ1) is 14.1. The molecule has 2 aromatic rings. The molecule has 0 radical (unpaired) electrons. The monoisotopic (exact) mass is 284 g/mol. The average Bonchev–Trinajstić information content (AvgIpc) is 2.46. The van der Waals surface area contributed by atoms with E-state index in [-0.39, 0.29) is 5.56 Å². The van der Waals surface area contributed by atoms with Crippen molar-refractivity contribution in [2.45, 2.75) is 13.0 Å². The predicted octanol–water partition coefficient (Wildman–Crippen LogP) is 3.59. The van der Waals surface area contributed by atoms with Crippen molar-refractivity contribution >= 4 is 23.8 Å². The van der Waals surface area contributed by atoms with Crippen LogP contribution in [0.15, 0.2) is 47.4 Å². The fourth-order valence-electron chi connectivity index (χ4n) is 1.75. The van der Waals surface area contributed by atoms with Gasteiger partial charge in [0.25, 0.3) is 5.56 Å². The van der Waals surface area contributed by atoms with Crippen molar-refractivity contribution in [2.24, 2.45) is 0 Å². The lowest BCUT2D eigenvalue weighted by molar-refractivity contribution is 0.686. The van der Waals surface area contributed by atoms with Gasteiger partial charge in [-0.25, -0.2) is 0 Å². The molecule has 0 amide bonds. The summed E-state index contributed by atoms with van der Waals surface area (Å²) in [5.74, 6) is 0. The molecular formula is C16H13ClN2O. The van der Waals surface area contributed by atoms with Crippen molar-refractivity contribution in [3.8, 4) is 6.07 Å². The first-order chi connectivity index (χ1) is 9.69. The Morgan fingerprint density at radius 3 is 2.50 bits per heavy atom. The third-order valence-electron chi connectivity index (χ3n) is 2.82. The summed E-state index contributed by atoms with van der Waals surface area (Å²) >= 11 is 5.82. The molecule has 0 spiro atoms. The van der Waals surface area contributed by atoms with Crippen LogP contribution in [0.5, 0.6) is 0 Å². The Morgan fingerprint density at radius 1 is 1.15 bits per heavy atom. The van der Waals surface area contributed by atoms with Crippen molar-refractivity contribution in [2.75, 3.05) is 0 Å². The molecule has 0 aliphatic carbocycles. The fraction of sp³-hybridized carbons (Fsp3) is 0.125. The van der Waals surface area contributed by atoms with E-state index in [4.69, 9.17) is 16.9 Å². The van der Waals surface area contributed by atoms with Crippen molar-refractivity contribution in [1.29, 1.82) is 5.26 Å². The zero-order chi connectivity index (χ0) is 14.4. The lowest BCUT2D eigenvalue weighted by Gasteiger charge is -2.02. The Balaban J connectivity index is 2.14. The highest BCUT2D eigenvalue weighted by molar-refractivity contribution is 6.30. The maximum absolute atomic E-state index is 11.8. The highest BCUT2D eigenvalue weighted by Crippen LogP contribution is 2.12. The standard InChI is InChI=1S/C16H13ClN2O/c17-15-6-4-13(5-7-15)2-3-14-8-11-19(10-1-9-18)16(20)12-14/h2-8,11-12H,1,10H2/b3-2+. The summed E-state index contributed by atoms with van der Waals surface area (Å²) < 4.78 is 1.53. The second-order valence-electron chi connectivity index (χ2n) is 4.28. The second kappa shape index (κ2) is 6.74. The van der Waals surface area contributed by atoms with Gasteiger partial charge in [0.05, 0.1) is 12.5 Å². The number of nitrogens with zero attached hydrogens (tertiary/aromatic N) is 2. The normalized spacial score (nSPS) is 10.6. The highest BCUT2D eigenvalue weighted by Gasteiger charge is 1.96. The number of aryl methyl sites for hydroxylation is 1. The van der Waals surface area contributed by atoms with E-state index in [1.807, 2.05) is 48.6 Å². The molecule has 0 aliphatic heterocycles. The van der Waals surface area contributed by atoms with Gasteiger partial charge in [0.15, 0.2) is 0 Å². The van der Waals surface area contributed by atoms with Gasteiger partial charge in [0.2, 0.25) is 0 Å². The third-order valence-corrected chi connectivity index (χ3v) is 3.07. The average molecular weight is 285 g/mol. The number of benzene rings is 1. The maximum Gasteiger partial charge on any atom is 0.251 e. The van der Waals surface area contributed by atoms with Gasteiger partial charge in [0, 0.05) is 23.8 Å². The number of rotatable bonds is 4. The zero-order valence-electron chi connectivity index (χ0n) is 10.8. The third kappa shape index (κ3) is 3.84. The Morgan fingerprint density at radius 2 is 1.85 bits per heavy atom. The molecule has 0 unspecified atom stereocenters. The lowest BCUT2D eigenvalue weighted by Crippen LogP contribution is -2.18. The molecule has 4 heteroatoms. The van der Waals surface area contributed by atoms with Gasteiger partial charge in [-0.2, -0.15) is 5.26 Å². The molecule has 0 atom stereocenters. The Labute approximate surface area is 122 Å². The molecule has 2 rings (SSSR count). The van der Waals surface area contributed by atoms with Crippen molar-refractivity contribution in [1.82, 2.24) is 4.57 Å². The molecule has 0 aliphatic rings. The molecular weight excluding hydrogens is 272 g/mol. The molecule has 0 saturated carbocycles. The quantitative estimate of drug-likeness (QED) is 0.861. The first-order valence-corrected chi connectivity index (χ1v) is 6.58. The molecule has 20 heavy (non-hydrogen) atoms. The minimum atomic E-state index is -0.0986. The van der Waals surface area contributed by atoms with Crippen LogP contribution in [-0.4, -0.2) is 4.57 Å². The summed E-state index contributed by atoms with van der Waals surface area (Å²) in [7, 11) is 0. The van der Waals surface area contributed by atoms with E-state index in [1.54, 1.807) is 12.3 Å². The Bertz CT molecular complexity index is 708. The minimum Gasteiger partial charge on any atom is -0.314 e. The smallest absolute Gasteiger partial charge is 0.251 e. The van der Waals surface area contributed by atoms with Gasteiger partial charge >= 0.3 is 0 Å². The number of pyridine rings is 1. The Kier molecular flexibility index (Phi) is 4.75. The molecule has 1 aromatic carbocycles. The van der Waals surface area contributed by atoms with E-state index in [0.29, 0.717) is 18.0 Å². The van der Waals surface area contributed by atoms with Crippen LogP contribution in [0.3, 0.4) is 0 Å². The largest absolute Gasteiger partial charge is 0.314 e. The first-order valence-electron chi connectivity index (χ1n) is 6.20. The molecule has 1 aromatic heterocycles. The molecule has 3 nitrogen and oxygen atoms in total. The van der Waals surface area contributed by atoms with Gasteiger partial charge in [-0.3, -0.25) is 4.79 Å². The number of aromatic nitrogens is 1. The van der Waals surface area contributed by atoms with E-state index >= 15 is 0 Å². The van der Waals surface area contributed by atoms with Crippen molar-refractivity contribution < 1.29 is 0 Å². The molecule has 0 saturated heterocycles. The van der Waals surface area contributed by atoms with Crippen LogP contribution in [0.1, 0.15) is 17.5 Å². The van der Waals surface area contributed by atoms with Crippen LogP contribution in [0.4, 0.5) is 0 Å². The van der Waals surface area contributed by atoms with Crippen LogP contribution < -0.4 is 5.56 Å². The summed E-state index contributed by atoms with van der Waals surface area (Å²) in [6, 6.07) is 12.9. The van der Waals surface area contributed by atoms with Gasteiger partial charge in [-0.15, -0.1) is 0 Å². The highest BCUT2D eigenvalue weighted by atomic mass is 35.5. The summed E-state index contributed by atoms with van der Waals surface area (Å²) in [6.45, 7) is 0.427. The summed E-state index contributed by atoms with van der Waals surface area (Å²) in [5.41, 5.74) is 1.75. The van der Waals surface area contributed by atoms with Crippen LogP contribution in [-0.2, 0) is 6.54 Å². The number of nitriles is 1. The summed E-state index contributed by atoms with van der Waals surface area (Å²) in [5, 5.41) is 9.21. The topological polar surface area (TPSA) is 45.8 Å². The Hall–Kier alpha value is -2.31. The van der Waals surface area contributed by atoms with E-state index in [1.165, 1.54) is 4.57 Å². The molecule has 0 fully saturated rings. The van der Waals surface area contributed by atoms with Gasteiger partial charge in [-0.1, -0.05) is 35.9 Å². The predicted molar refractivity (Wildman–Crippen MR) is 81.3 cm³/mol. The second-order valence-corrected chi connectivity index (χ2v) is 4.72. The lowest BCUT2D eigenvalue weighted by atomic mass is 10.1. The summed E-state index contributed by atoms with van der Waals surface area (Å²) in [4.78, 5) is 11.8. The van der Waals surface area contributed by atoms with Gasteiger partial charge in [-0.05, 0) is 29.3 Å². The molecule has 100 valence electrons. The molecule has 0 bridgehead atoms. The minimum absolute atomic E-state index is 0.0986. The SMILES string of the molecule is N#CCCn1ccc(/C=C/c2ccc(Cl)cc2)cc1=O. The van der Waals surface area contributed by atoms with Crippen LogP contribution in [0, 0.1) is 11.3 Å². The van der Waals surface area contributed by atoms with E-state index in [2.05, 4.69) is 0 Å². The van der Waals surface area contributed by atoms with Crippen molar-refractivity contribution in [3.05, 3.63) is 69.1 Å². The molecule has 1 heterocycles. The fourth-order valence-corrected chi connectivity index (χ4v) is 1.87. The van der Waals surface area contributed by atoms with Gasteiger partial charge < -0.3 is 4.57 Å². The summed E-state index contributed by atoms with van der Waals surface area (Å²) in [6.07, 6.45) is 5.84. The molecule has 0 N–H and O–H groups in total. The number of hydrogen-bond donors (Lipinski definition) is 0. The van der Waals surface area contributed by atoms with Crippen molar-refractivity contribution in [3.63, 3.8) is 0 Å². The number of halogens is 1. The van der Waals surface area contributed by atoms with E-state index < -0.39 is 0 Å². The number of hydrogen-bond acceptors (Lipinski definition) is 2. The zero-order valence-corrected chi connectivity index (χ0v) is 11.5. The van der Waals surface area contributed by atoms with Gasteiger partial charge in [0.1, 0.15) is 0 Å². The van der Waals surface area contributed by atoms with Crippen LogP contribution in [0.25, 0.3) is 12.2 Å². The van der Waals surface area contributed by atoms with Crippen LogP contribution >= 0.6 is 11.6 Å². The maximum atomic E-state index is 11.8. The van der Waals surface area contributed by atoms with E-state index in [0.717, 1.165) is 11.1 Å².